The first-order valence-electron chi connectivity index (χ1n) is 10.8. The highest BCUT2D eigenvalue weighted by molar-refractivity contribution is 8.14. The molecule has 0 aliphatic heterocycles. The fourth-order valence-corrected chi connectivity index (χ4v) is 4.22. The Kier molecular flexibility index (Phi) is 12.7. The first-order valence-corrected chi connectivity index (χ1v) is 13.4. The summed E-state index contributed by atoms with van der Waals surface area (Å²) >= 11 is 1.41. The summed E-state index contributed by atoms with van der Waals surface area (Å²) in [4.78, 5) is 72.0. The molecular formula is C24H24N2O8S3. The van der Waals surface area contributed by atoms with Gasteiger partial charge >= 0.3 is 11.9 Å². The quantitative estimate of drug-likeness (QED) is 0.367. The average molecular weight is 565 g/mol. The van der Waals surface area contributed by atoms with E-state index in [0.29, 0.717) is 34.7 Å². The fourth-order valence-electron chi connectivity index (χ4n) is 2.51. The summed E-state index contributed by atoms with van der Waals surface area (Å²) in [5.74, 6) is -3.23. The third kappa shape index (κ3) is 11.1. The minimum Gasteiger partial charge on any atom is -0.354 e. The standard InChI is InChI=1S/C24H24N2O8S3/c1-15(25-21(29)17-9-5-3-6-10-17)23(31)35-13-19(27)33-37-34-20(28)14-36-24(32)16(2)26-22(30)18-11-7-4-8-12-18/h3-12,15-16H,13-14H2,1-2H3,(H,25,29)(H,26,30)/t15-,16-/m1/s1. The van der Waals surface area contributed by atoms with Crippen LogP contribution in [0.1, 0.15) is 34.6 Å². The molecule has 10 nitrogen and oxygen atoms in total. The van der Waals surface area contributed by atoms with E-state index in [0.717, 1.165) is 0 Å². The Bertz CT molecular complexity index is 1030. The van der Waals surface area contributed by atoms with Crippen LogP contribution < -0.4 is 10.6 Å². The number of carbonyl (C=O) groups excluding carboxylic acids is 6. The van der Waals surface area contributed by atoms with Crippen LogP contribution in [-0.4, -0.2) is 57.6 Å². The van der Waals surface area contributed by atoms with Crippen LogP contribution in [0.5, 0.6) is 0 Å². The van der Waals surface area contributed by atoms with E-state index in [-0.39, 0.29) is 23.8 Å². The number of hydrogen-bond acceptors (Lipinski definition) is 11. The van der Waals surface area contributed by atoms with Crippen molar-refractivity contribution in [1.82, 2.24) is 10.6 Å². The largest absolute Gasteiger partial charge is 0.354 e. The summed E-state index contributed by atoms with van der Waals surface area (Å²) in [7, 11) is 0. The summed E-state index contributed by atoms with van der Waals surface area (Å²) in [6, 6.07) is 15.0. The Morgan fingerprint density at radius 3 is 1.35 bits per heavy atom. The lowest BCUT2D eigenvalue weighted by atomic mass is 10.2. The van der Waals surface area contributed by atoms with E-state index in [1.807, 2.05) is 0 Å². The lowest BCUT2D eigenvalue weighted by Gasteiger charge is -2.12. The van der Waals surface area contributed by atoms with Crippen LogP contribution in [0, 0.1) is 0 Å². The molecule has 2 amide bonds. The van der Waals surface area contributed by atoms with Crippen LogP contribution in [0.25, 0.3) is 0 Å². The zero-order valence-corrected chi connectivity index (χ0v) is 22.3. The molecule has 0 spiro atoms. The summed E-state index contributed by atoms with van der Waals surface area (Å²) in [5.41, 5.74) is 0.798. The van der Waals surface area contributed by atoms with E-state index in [4.69, 9.17) is 0 Å². The van der Waals surface area contributed by atoms with E-state index in [9.17, 15) is 28.8 Å². The second-order valence-electron chi connectivity index (χ2n) is 7.32. The van der Waals surface area contributed by atoms with Crippen molar-refractivity contribution >= 4 is 69.8 Å². The highest BCUT2D eigenvalue weighted by Crippen LogP contribution is 2.14. The maximum absolute atomic E-state index is 12.1. The third-order valence-corrected chi connectivity index (χ3v) is 6.94. The Hall–Kier alpha value is -3.29. The van der Waals surface area contributed by atoms with Crippen LogP contribution in [0.15, 0.2) is 60.7 Å². The molecule has 2 rings (SSSR count). The molecule has 2 aromatic rings. The molecule has 0 aliphatic rings. The molecule has 0 fully saturated rings. The summed E-state index contributed by atoms with van der Waals surface area (Å²) in [5, 5.41) is 4.17. The zero-order valence-electron chi connectivity index (χ0n) is 19.8. The van der Waals surface area contributed by atoms with Gasteiger partial charge in [0.25, 0.3) is 24.1 Å². The van der Waals surface area contributed by atoms with Crippen LogP contribution in [-0.2, 0) is 27.5 Å². The molecule has 2 aromatic carbocycles. The van der Waals surface area contributed by atoms with Crippen molar-refractivity contribution in [2.24, 2.45) is 0 Å². The maximum Gasteiger partial charge on any atom is 0.331 e. The zero-order chi connectivity index (χ0) is 27.2. The Morgan fingerprint density at radius 1 is 0.649 bits per heavy atom. The van der Waals surface area contributed by atoms with Gasteiger partial charge in [0.05, 0.1) is 12.1 Å². The molecule has 37 heavy (non-hydrogen) atoms. The normalized spacial score (nSPS) is 11.9. The third-order valence-electron chi connectivity index (χ3n) is 4.39. The van der Waals surface area contributed by atoms with Crippen molar-refractivity contribution in [1.29, 1.82) is 0 Å². The second kappa shape index (κ2) is 15.7. The first-order chi connectivity index (χ1) is 17.7. The van der Waals surface area contributed by atoms with E-state index in [1.54, 1.807) is 60.7 Å². The van der Waals surface area contributed by atoms with Gasteiger partial charge in [0.1, 0.15) is 11.5 Å². The molecule has 0 unspecified atom stereocenters. The van der Waals surface area contributed by atoms with Gasteiger partial charge in [0.2, 0.25) is 10.2 Å². The predicted molar refractivity (Wildman–Crippen MR) is 141 cm³/mol. The number of nitrogens with one attached hydrogen (secondary N) is 2. The lowest BCUT2D eigenvalue weighted by molar-refractivity contribution is -0.133. The molecule has 196 valence electrons. The molecule has 2 atom stereocenters. The van der Waals surface area contributed by atoms with E-state index in [1.165, 1.54) is 13.8 Å². The Labute approximate surface area is 226 Å². The van der Waals surface area contributed by atoms with Crippen molar-refractivity contribution in [3.63, 3.8) is 0 Å². The summed E-state index contributed by atoms with van der Waals surface area (Å²) in [6.45, 7) is 2.98. The number of benzene rings is 2. The van der Waals surface area contributed by atoms with E-state index in [2.05, 4.69) is 19.0 Å². The minimum absolute atomic E-state index is 0.118. The van der Waals surface area contributed by atoms with Crippen LogP contribution >= 0.6 is 35.8 Å². The van der Waals surface area contributed by atoms with Gasteiger partial charge in [0.15, 0.2) is 0 Å². The highest BCUT2D eigenvalue weighted by Gasteiger charge is 2.21. The monoisotopic (exact) mass is 564 g/mol. The molecule has 2 N–H and O–H groups in total. The molecule has 0 aromatic heterocycles. The van der Waals surface area contributed by atoms with Gasteiger partial charge < -0.3 is 19.0 Å². The van der Waals surface area contributed by atoms with Crippen LogP contribution in [0.3, 0.4) is 0 Å². The molecular weight excluding hydrogens is 540 g/mol. The summed E-state index contributed by atoms with van der Waals surface area (Å²) < 4.78 is 9.34. The van der Waals surface area contributed by atoms with Gasteiger partial charge in [-0.1, -0.05) is 59.9 Å². The predicted octanol–water partition coefficient (Wildman–Crippen LogP) is 2.79. The van der Waals surface area contributed by atoms with Gasteiger partial charge in [-0.05, 0) is 38.1 Å². The van der Waals surface area contributed by atoms with Gasteiger partial charge in [-0.2, -0.15) is 0 Å². The number of thioether (sulfide) groups is 2. The Balaban J connectivity index is 1.59. The summed E-state index contributed by atoms with van der Waals surface area (Å²) in [6.07, 6.45) is 0. The maximum atomic E-state index is 12.1. The SMILES string of the molecule is C[C@@H](NC(=O)c1ccccc1)C(=O)SCC(=O)OSOC(=O)CSC(=O)[C@@H](C)NC(=O)c1ccccc1. The van der Waals surface area contributed by atoms with Gasteiger partial charge in [-0.15, -0.1) is 0 Å². The molecule has 0 bridgehead atoms. The molecule has 0 saturated carbocycles. The Morgan fingerprint density at radius 2 is 1.00 bits per heavy atom. The molecule has 13 heteroatoms. The first kappa shape index (κ1) is 29.9. The van der Waals surface area contributed by atoms with Crippen molar-refractivity contribution in [2.75, 3.05) is 11.5 Å². The van der Waals surface area contributed by atoms with Crippen molar-refractivity contribution in [2.45, 2.75) is 25.9 Å². The fraction of sp³-hybridized carbons (Fsp3) is 0.250. The molecule has 0 saturated heterocycles. The average Bonchev–Trinajstić information content (AvgIpc) is 2.91. The van der Waals surface area contributed by atoms with E-state index < -0.39 is 46.1 Å². The highest BCUT2D eigenvalue weighted by atomic mass is 32.2. The van der Waals surface area contributed by atoms with Crippen molar-refractivity contribution < 1.29 is 37.1 Å². The van der Waals surface area contributed by atoms with Crippen molar-refractivity contribution in [3.05, 3.63) is 71.8 Å². The molecule has 0 heterocycles. The smallest absolute Gasteiger partial charge is 0.331 e. The van der Waals surface area contributed by atoms with Gasteiger partial charge in [-0.3, -0.25) is 28.8 Å². The van der Waals surface area contributed by atoms with Gasteiger partial charge in [-0.25, -0.2) is 0 Å². The number of rotatable bonds is 12. The van der Waals surface area contributed by atoms with Crippen molar-refractivity contribution in [3.8, 4) is 0 Å². The van der Waals surface area contributed by atoms with Gasteiger partial charge in [0, 0.05) is 11.1 Å². The topological polar surface area (TPSA) is 145 Å². The minimum atomic E-state index is -0.842. The van der Waals surface area contributed by atoms with E-state index >= 15 is 0 Å². The number of carbonyl (C=O) groups is 6. The molecule has 0 aliphatic carbocycles. The second-order valence-corrected chi connectivity index (χ2v) is 9.75. The number of amides is 2. The molecule has 0 radical (unpaired) electrons. The number of hydrogen-bond donors (Lipinski definition) is 2. The van der Waals surface area contributed by atoms with Crippen LogP contribution in [0.2, 0.25) is 0 Å². The van der Waals surface area contributed by atoms with Crippen LogP contribution in [0.4, 0.5) is 0 Å². The lowest BCUT2D eigenvalue weighted by Crippen LogP contribution is -2.37.